The highest BCUT2D eigenvalue weighted by atomic mass is 16.3. The molecule has 8 N–H and O–H groups in total. The summed E-state index contributed by atoms with van der Waals surface area (Å²) < 4.78 is 0. The standard InChI is InChI=1S/C43H64N2O5/c1-29(2)12-8-13-30(3)14-9-19-34(28-47)35-22-24-43(40(35)49)37(20-11-25-46)36(21-23-42(43,4)50)39(32-16-6-5-7-17-32)38(48)27-31-15-10-18-33(26-31)41(44)45/h9-10,12,14-15,18-19,26,32,35,37,40-41,46-47,49-50H,3,5-8,11,13,16-17,20-25,27-28,44-45H2,1-2,4H3. The number of aliphatic hydroxyl groups excluding tert-OH is 3. The Morgan fingerprint density at radius 3 is 2.50 bits per heavy atom. The zero-order valence-electron chi connectivity index (χ0n) is 30.9. The van der Waals surface area contributed by atoms with E-state index in [0.717, 1.165) is 78.4 Å². The third-order valence-corrected chi connectivity index (χ3v) is 12.0. The molecule has 0 radical (unpaired) electrons. The maximum Gasteiger partial charge on any atom is 0.163 e. The van der Waals surface area contributed by atoms with Crippen LogP contribution in [0.25, 0.3) is 0 Å². The van der Waals surface area contributed by atoms with Crippen molar-refractivity contribution in [2.24, 2.45) is 34.6 Å². The molecular formula is C43H64N2O5. The highest BCUT2D eigenvalue weighted by Crippen LogP contribution is 2.63. The lowest BCUT2D eigenvalue weighted by molar-refractivity contribution is -0.168. The van der Waals surface area contributed by atoms with Gasteiger partial charge in [-0.25, -0.2) is 0 Å². The molecular weight excluding hydrogens is 624 g/mol. The van der Waals surface area contributed by atoms with Crippen LogP contribution in [0, 0.1) is 23.2 Å². The Bertz CT molecular complexity index is 1440. The highest BCUT2D eigenvalue weighted by Gasteiger charge is 2.64. The molecule has 3 aliphatic rings. The van der Waals surface area contributed by atoms with Crippen molar-refractivity contribution in [3.05, 3.63) is 94.1 Å². The predicted octanol–water partition coefficient (Wildman–Crippen LogP) is 7.06. The van der Waals surface area contributed by atoms with Gasteiger partial charge in [0, 0.05) is 24.4 Å². The molecule has 1 spiro atoms. The fourth-order valence-corrected chi connectivity index (χ4v) is 9.42. The Kier molecular flexibility index (Phi) is 14.6. The number of nitrogens with two attached hydrogens (primary N) is 2. The van der Waals surface area contributed by atoms with Crippen molar-refractivity contribution < 1.29 is 25.2 Å². The fourth-order valence-electron chi connectivity index (χ4n) is 9.42. The van der Waals surface area contributed by atoms with Crippen LogP contribution in [-0.4, -0.2) is 51.1 Å². The first-order chi connectivity index (χ1) is 23.9. The Balaban J connectivity index is 1.75. The number of Topliss-reactive ketones (excluding diaryl/α,β-unsaturated/α-hetero) is 1. The van der Waals surface area contributed by atoms with E-state index in [1.807, 2.05) is 49.4 Å². The predicted molar refractivity (Wildman–Crippen MR) is 203 cm³/mol. The van der Waals surface area contributed by atoms with E-state index in [2.05, 4.69) is 26.5 Å². The fraction of sp³-hybridized carbons (Fsp3) is 0.605. The summed E-state index contributed by atoms with van der Waals surface area (Å²) in [5.41, 5.74) is 16.4. The molecule has 0 amide bonds. The number of carbonyl (C=O) groups is 1. The van der Waals surface area contributed by atoms with Crippen LogP contribution in [0.2, 0.25) is 0 Å². The molecule has 5 unspecified atom stereocenters. The molecule has 3 saturated carbocycles. The Hall–Kier alpha value is -2.65. The van der Waals surface area contributed by atoms with Crippen molar-refractivity contribution in [3.8, 4) is 0 Å². The molecule has 0 aromatic heterocycles. The van der Waals surface area contributed by atoms with E-state index < -0.39 is 23.3 Å². The van der Waals surface area contributed by atoms with Crippen molar-refractivity contribution >= 4 is 5.78 Å². The van der Waals surface area contributed by atoms with Gasteiger partial charge in [0.1, 0.15) is 0 Å². The van der Waals surface area contributed by atoms with Crippen LogP contribution in [0.5, 0.6) is 0 Å². The summed E-state index contributed by atoms with van der Waals surface area (Å²) >= 11 is 0. The normalized spacial score (nSPS) is 28.8. The zero-order valence-corrected chi connectivity index (χ0v) is 30.9. The second kappa shape index (κ2) is 18.2. The number of aliphatic hydroxyl groups is 4. The summed E-state index contributed by atoms with van der Waals surface area (Å²) in [7, 11) is 0. The summed E-state index contributed by atoms with van der Waals surface area (Å²) in [5.74, 6) is -0.410. The van der Waals surface area contributed by atoms with Gasteiger partial charge in [-0.1, -0.05) is 91.1 Å². The van der Waals surface area contributed by atoms with E-state index in [1.54, 1.807) is 0 Å². The van der Waals surface area contributed by atoms with Gasteiger partial charge in [0.15, 0.2) is 5.78 Å². The van der Waals surface area contributed by atoms with Gasteiger partial charge in [0.2, 0.25) is 0 Å². The van der Waals surface area contributed by atoms with Crippen molar-refractivity contribution in [1.82, 2.24) is 0 Å². The lowest BCUT2D eigenvalue weighted by Crippen LogP contribution is -2.59. The van der Waals surface area contributed by atoms with Crippen molar-refractivity contribution in [3.63, 3.8) is 0 Å². The third-order valence-electron chi connectivity index (χ3n) is 12.0. The lowest BCUT2D eigenvalue weighted by atomic mass is 9.52. The largest absolute Gasteiger partial charge is 0.396 e. The number of rotatable bonds is 15. The quantitative estimate of drug-likeness (QED) is 0.0500. The molecule has 0 heterocycles. The molecule has 0 bridgehead atoms. The monoisotopic (exact) mass is 688 g/mol. The molecule has 0 saturated heterocycles. The topological polar surface area (TPSA) is 150 Å². The second-order valence-electron chi connectivity index (χ2n) is 15.7. The molecule has 1 aromatic rings. The first-order valence-corrected chi connectivity index (χ1v) is 19.0. The molecule has 7 heteroatoms. The average molecular weight is 689 g/mol. The molecule has 4 rings (SSSR count). The lowest BCUT2D eigenvalue weighted by Gasteiger charge is -2.56. The molecule has 276 valence electrons. The van der Waals surface area contributed by atoms with Crippen LogP contribution in [0.3, 0.4) is 0 Å². The van der Waals surface area contributed by atoms with Crippen molar-refractivity contribution in [2.75, 3.05) is 13.2 Å². The van der Waals surface area contributed by atoms with Gasteiger partial charge in [0.25, 0.3) is 0 Å². The van der Waals surface area contributed by atoms with E-state index in [9.17, 15) is 25.2 Å². The third kappa shape index (κ3) is 9.22. The summed E-state index contributed by atoms with van der Waals surface area (Å²) in [4.78, 5) is 14.6. The number of allylic oxidation sites excluding steroid dienone is 8. The maximum atomic E-state index is 14.6. The molecule has 0 aliphatic heterocycles. The van der Waals surface area contributed by atoms with Crippen LogP contribution < -0.4 is 11.5 Å². The van der Waals surface area contributed by atoms with Gasteiger partial charge >= 0.3 is 0 Å². The van der Waals surface area contributed by atoms with E-state index in [1.165, 1.54) is 5.57 Å². The summed E-state index contributed by atoms with van der Waals surface area (Å²) in [5, 5.41) is 45.4. The smallest absolute Gasteiger partial charge is 0.163 e. The molecule has 3 fully saturated rings. The van der Waals surface area contributed by atoms with Gasteiger partial charge in [-0.2, -0.15) is 0 Å². The van der Waals surface area contributed by atoms with Crippen LogP contribution in [0.15, 0.2) is 83.0 Å². The van der Waals surface area contributed by atoms with E-state index in [4.69, 9.17) is 11.5 Å². The van der Waals surface area contributed by atoms with Gasteiger partial charge in [-0.15, -0.1) is 0 Å². The highest BCUT2D eigenvalue weighted by molar-refractivity contribution is 5.98. The van der Waals surface area contributed by atoms with Crippen LogP contribution in [0.1, 0.15) is 122 Å². The second-order valence-corrected chi connectivity index (χ2v) is 15.7. The minimum absolute atomic E-state index is 0.00946. The summed E-state index contributed by atoms with van der Waals surface area (Å²) in [6.45, 7) is 9.98. The first-order valence-electron chi connectivity index (χ1n) is 19.0. The number of carbonyl (C=O) groups excluding carboxylic acids is 1. The van der Waals surface area contributed by atoms with Gasteiger partial charge in [0.05, 0.1) is 24.5 Å². The first kappa shape index (κ1) is 40.1. The van der Waals surface area contributed by atoms with Gasteiger partial charge < -0.3 is 31.9 Å². The minimum atomic E-state index is -1.20. The Morgan fingerprint density at radius 2 is 1.84 bits per heavy atom. The number of hydrogen-bond acceptors (Lipinski definition) is 7. The van der Waals surface area contributed by atoms with Gasteiger partial charge in [-0.05, 0) is 119 Å². The van der Waals surface area contributed by atoms with E-state index in [0.29, 0.717) is 38.5 Å². The Morgan fingerprint density at radius 1 is 1.10 bits per heavy atom. The van der Waals surface area contributed by atoms with E-state index >= 15 is 0 Å². The number of benzene rings is 1. The van der Waals surface area contributed by atoms with Crippen molar-refractivity contribution in [2.45, 2.75) is 129 Å². The van der Waals surface area contributed by atoms with E-state index in [-0.39, 0.29) is 43.2 Å². The molecule has 3 aliphatic carbocycles. The maximum absolute atomic E-state index is 14.6. The summed E-state index contributed by atoms with van der Waals surface area (Å²) in [6.07, 6.45) is 16.9. The molecule has 1 aromatic carbocycles. The van der Waals surface area contributed by atoms with Crippen LogP contribution in [-0.2, 0) is 11.2 Å². The minimum Gasteiger partial charge on any atom is -0.396 e. The average Bonchev–Trinajstić information content (AvgIpc) is 3.42. The number of hydrogen-bond donors (Lipinski definition) is 6. The summed E-state index contributed by atoms with van der Waals surface area (Å²) in [6, 6.07) is 7.64. The molecule has 5 atom stereocenters. The SMILES string of the molecule is C=C(C=CC=C(CO)C1CCC2(C(CCCO)C(=C(C(=O)Cc3cccc(C(N)N)c3)C3CCCCC3)CCC2(C)O)C1O)CCC=C(C)C. The number of ketones is 1. The van der Waals surface area contributed by atoms with Gasteiger partial charge in [-0.3, -0.25) is 4.79 Å². The van der Waals surface area contributed by atoms with Crippen LogP contribution >= 0.6 is 0 Å². The van der Waals surface area contributed by atoms with Crippen molar-refractivity contribution in [1.29, 1.82) is 0 Å². The Labute approximate surface area is 300 Å². The molecule has 50 heavy (non-hydrogen) atoms. The van der Waals surface area contributed by atoms with Crippen LogP contribution in [0.4, 0.5) is 0 Å². The molecule has 7 nitrogen and oxygen atoms in total. The zero-order chi connectivity index (χ0) is 36.5.